The van der Waals surface area contributed by atoms with E-state index in [4.69, 9.17) is 28.3 Å². The van der Waals surface area contributed by atoms with Gasteiger partial charge in [0.05, 0.1) is 44.6 Å². The van der Waals surface area contributed by atoms with E-state index in [9.17, 15) is 9.59 Å². The zero-order valence-electron chi connectivity index (χ0n) is 27.4. The molecule has 1 saturated carbocycles. The molecule has 4 aromatic heterocycles. The molecule has 0 unspecified atom stereocenters. The lowest BCUT2D eigenvalue weighted by Crippen LogP contribution is -2.42. The number of fused-ring (bicyclic) bond motifs is 3. The summed E-state index contributed by atoms with van der Waals surface area (Å²) in [4.78, 5) is 38.3. The van der Waals surface area contributed by atoms with Crippen LogP contribution in [0.2, 0.25) is 10.0 Å². The van der Waals surface area contributed by atoms with E-state index in [2.05, 4.69) is 31.1 Å². The number of pyridine rings is 1. The maximum Gasteiger partial charge on any atom is 0.336 e. The number of piperidine rings is 2. The van der Waals surface area contributed by atoms with Gasteiger partial charge in [-0.1, -0.05) is 29.3 Å². The number of nitrogens with zero attached hydrogens (tertiary/aromatic N) is 6. The van der Waals surface area contributed by atoms with Crippen LogP contribution in [0.1, 0.15) is 64.3 Å². The minimum atomic E-state index is -0.514. The molecule has 3 fully saturated rings. The summed E-state index contributed by atoms with van der Waals surface area (Å²) in [6, 6.07) is 7.23. The fourth-order valence-corrected chi connectivity index (χ4v) is 9.19. The van der Waals surface area contributed by atoms with Crippen molar-refractivity contribution >= 4 is 45.1 Å². The number of hydrogen-bond donors (Lipinski definition) is 2. The largest absolute Gasteiger partial charge is 0.339 e. The molecule has 2 saturated heterocycles. The zero-order chi connectivity index (χ0) is 33.0. The highest BCUT2D eigenvalue weighted by Gasteiger charge is 2.37. The van der Waals surface area contributed by atoms with Gasteiger partial charge in [-0.25, -0.2) is 14.3 Å². The van der Waals surface area contributed by atoms with Gasteiger partial charge in [0.25, 0.3) is 5.56 Å². The predicted octanol–water partition coefficient (Wildman–Crippen LogP) is 6.42. The first kappa shape index (κ1) is 31.8. The lowest BCUT2D eigenvalue weighted by atomic mass is 9.65. The Morgan fingerprint density at radius 3 is 2.40 bits per heavy atom. The van der Waals surface area contributed by atoms with Crippen molar-refractivity contribution < 1.29 is 0 Å². The Morgan fingerprint density at radius 1 is 0.958 bits per heavy atom. The van der Waals surface area contributed by atoms with Crippen LogP contribution in [-0.2, 0) is 6.54 Å². The smallest absolute Gasteiger partial charge is 0.336 e. The molecule has 6 heterocycles. The van der Waals surface area contributed by atoms with Gasteiger partial charge in [-0.2, -0.15) is 5.10 Å². The number of likely N-dealkylation sites (tertiary alicyclic amines) is 1. The maximum atomic E-state index is 13.8. The van der Waals surface area contributed by atoms with Gasteiger partial charge in [0.2, 0.25) is 0 Å². The van der Waals surface area contributed by atoms with Crippen molar-refractivity contribution in [2.45, 2.75) is 70.9 Å². The Morgan fingerprint density at radius 2 is 1.69 bits per heavy atom. The van der Waals surface area contributed by atoms with Gasteiger partial charge in [0.15, 0.2) is 0 Å². The van der Waals surface area contributed by atoms with Crippen molar-refractivity contribution in [3.05, 3.63) is 73.7 Å². The van der Waals surface area contributed by atoms with Crippen LogP contribution in [0.5, 0.6) is 0 Å². The van der Waals surface area contributed by atoms with Crippen LogP contribution in [0.3, 0.4) is 0 Å². The quantitative estimate of drug-likeness (QED) is 0.213. The minimum Gasteiger partial charge on any atom is -0.339 e. The molecule has 3 aliphatic rings. The molecule has 1 spiro atoms. The second kappa shape index (κ2) is 12.8. The monoisotopic (exact) mass is 688 g/mol. The van der Waals surface area contributed by atoms with Crippen LogP contribution < -0.4 is 16.6 Å². The SMILES string of the molecule is CCn1c(=O)n(-c2c(Cl)cccc2Cl)c(=O)c2cnc3[nH]c(-c4cnn(C5CCN(CC6CCC7(CCNCC7)CC6)CC5)c4)cc3c21. The third-order valence-corrected chi connectivity index (χ3v) is 12.0. The number of rotatable bonds is 6. The number of H-pyrrole nitrogens is 1. The zero-order valence-corrected chi connectivity index (χ0v) is 28.9. The molecule has 1 aliphatic carbocycles. The third-order valence-electron chi connectivity index (χ3n) is 11.4. The van der Waals surface area contributed by atoms with Gasteiger partial charge in [0, 0.05) is 49.5 Å². The van der Waals surface area contributed by atoms with E-state index in [1.165, 1.54) is 64.4 Å². The second-order valence-electron chi connectivity index (χ2n) is 14.1. The number of nitrogens with one attached hydrogen (secondary N) is 2. The highest BCUT2D eigenvalue weighted by atomic mass is 35.5. The predicted molar refractivity (Wildman–Crippen MR) is 192 cm³/mol. The van der Waals surface area contributed by atoms with Crippen molar-refractivity contribution in [1.82, 2.24) is 39.1 Å². The van der Waals surface area contributed by atoms with Crippen molar-refractivity contribution in [3.63, 3.8) is 0 Å². The third kappa shape index (κ3) is 5.60. The van der Waals surface area contributed by atoms with E-state index in [0.29, 0.717) is 39.9 Å². The normalized spacial score (nSPS) is 19.6. The first-order chi connectivity index (χ1) is 23.3. The number of hydrogen-bond acceptors (Lipinski definition) is 6. The number of halogens is 2. The Kier molecular flexibility index (Phi) is 8.47. The lowest BCUT2D eigenvalue weighted by Gasteiger charge is -2.44. The fraction of sp³-hybridized carbons (Fsp3) is 0.500. The molecule has 1 aromatic carbocycles. The van der Waals surface area contributed by atoms with E-state index in [1.54, 1.807) is 22.8 Å². The molecule has 0 radical (unpaired) electrons. The summed E-state index contributed by atoms with van der Waals surface area (Å²) in [7, 11) is 0. The first-order valence-electron chi connectivity index (χ1n) is 17.4. The molecule has 252 valence electrons. The Hall–Kier alpha value is -3.44. The Bertz CT molecular complexity index is 2070. The summed E-state index contributed by atoms with van der Waals surface area (Å²) in [6.45, 7) is 8.07. The summed E-state index contributed by atoms with van der Waals surface area (Å²) in [5.41, 5.74) is 2.70. The number of aromatic nitrogens is 6. The van der Waals surface area contributed by atoms with Gasteiger partial charge in [-0.05, 0) is 101 Å². The molecule has 12 heteroatoms. The van der Waals surface area contributed by atoms with Gasteiger partial charge in [-0.3, -0.25) is 14.0 Å². The van der Waals surface area contributed by atoms with Crippen LogP contribution in [0, 0.1) is 11.3 Å². The Balaban J connectivity index is 1.00. The molecular formula is C36H42Cl2N8O2. The molecular weight excluding hydrogens is 647 g/mol. The highest BCUT2D eigenvalue weighted by molar-refractivity contribution is 6.37. The highest BCUT2D eigenvalue weighted by Crippen LogP contribution is 2.45. The van der Waals surface area contributed by atoms with Gasteiger partial charge < -0.3 is 15.2 Å². The summed E-state index contributed by atoms with van der Waals surface area (Å²) >= 11 is 12.8. The summed E-state index contributed by atoms with van der Waals surface area (Å²) in [6.07, 6.45) is 16.0. The minimum absolute atomic E-state index is 0.174. The summed E-state index contributed by atoms with van der Waals surface area (Å²) in [5.74, 6) is 0.839. The van der Waals surface area contributed by atoms with E-state index in [-0.39, 0.29) is 15.7 Å². The summed E-state index contributed by atoms with van der Waals surface area (Å²) < 4.78 is 4.74. The van der Waals surface area contributed by atoms with Crippen molar-refractivity contribution in [1.29, 1.82) is 0 Å². The molecule has 48 heavy (non-hydrogen) atoms. The van der Waals surface area contributed by atoms with Crippen LogP contribution >= 0.6 is 23.2 Å². The van der Waals surface area contributed by atoms with E-state index < -0.39 is 11.2 Å². The molecule has 0 amide bonds. The summed E-state index contributed by atoms with van der Waals surface area (Å²) in [5, 5.41) is 9.78. The second-order valence-corrected chi connectivity index (χ2v) is 15.0. The molecule has 2 aliphatic heterocycles. The maximum absolute atomic E-state index is 13.8. The molecule has 8 rings (SSSR count). The Labute approximate surface area is 289 Å². The van der Waals surface area contributed by atoms with Crippen LogP contribution in [-0.4, -0.2) is 66.5 Å². The van der Waals surface area contributed by atoms with E-state index >= 15 is 0 Å². The van der Waals surface area contributed by atoms with E-state index in [0.717, 1.165) is 47.7 Å². The number of benzene rings is 1. The molecule has 0 bridgehead atoms. The first-order valence-corrected chi connectivity index (χ1v) is 18.2. The standard InChI is InChI=1S/C36H42Cl2N8O2/c1-2-44-31-26-18-30(42-33(26)40-20-27(31)34(47)46(35(44)48)32-28(37)4-3-5-29(32)38)24-19-41-45(22-24)25-8-16-43(17-9-25)21-23-6-10-36(11-7-23)12-14-39-15-13-36/h3-5,18-20,22-23,25,39H,2,6-17,21H2,1H3,(H,40,42). The number of para-hydroxylation sites is 1. The molecule has 10 nitrogen and oxygen atoms in total. The van der Waals surface area contributed by atoms with Crippen LogP contribution in [0.4, 0.5) is 0 Å². The van der Waals surface area contributed by atoms with Gasteiger partial charge in [-0.15, -0.1) is 0 Å². The number of aromatic amines is 1. The van der Waals surface area contributed by atoms with Crippen LogP contribution in [0.25, 0.3) is 38.9 Å². The molecule has 5 aromatic rings. The van der Waals surface area contributed by atoms with Gasteiger partial charge in [0.1, 0.15) is 5.65 Å². The number of aryl methyl sites for hydroxylation is 1. The fourth-order valence-electron chi connectivity index (χ4n) is 8.62. The van der Waals surface area contributed by atoms with Crippen molar-refractivity contribution in [2.75, 3.05) is 32.7 Å². The molecule has 0 atom stereocenters. The molecule has 2 N–H and O–H groups in total. The van der Waals surface area contributed by atoms with Gasteiger partial charge >= 0.3 is 5.69 Å². The average molecular weight is 690 g/mol. The van der Waals surface area contributed by atoms with Crippen molar-refractivity contribution in [3.8, 4) is 16.9 Å². The van der Waals surface area contributed by atoms with Crippen LogP contribution in [0.15, 0.2) is 52.4 Å². The van der Waals surface area contributed by atoms with E-state index in [1.807, 2.05) is 19.2 Å². The van der Waals surface area contributed by atoms with Crippen molar-refractivity contribution in [2.24, 2.45) is 11.3 Å². The lowest BCUT2D eigenvalue weighted by molar-refractivity contribution is 0.0781. The average Bonchev–Trinajstić information content (AvgIpc) is 3.76. The topological polar surface area (TPSA) is 106 Å².